The summed E-state index contributed by atoms with van der Waals surface area (Å²) in [5, 5.41) is 0.0755. The van der Waals surface area contributed by atoms with E-state index in [1.807, 2.05) is 38.1 Å². The van der Waals surface area contributed by atoms with Crippen molar-refractivity contribution in [3.05, 3.63) is 29.8 Å². The number of hydrogen-bond acceptors (Lipinski definition) is 4. The molecule has 0 atom stereocenters. The van der Waals surface area contributed by atoms with Gasteiger partial charge in [-0.05, 0) is 44.0 Å². The van der Waals surface area contributed by atoms with E-state index >= 15 is 0 Å². The molecule has 4 heteroatoms. The first-order chi connectivity index (χ1) is 9.15. The normalized spacial score (nSPS) is 10.1. The van der Waals surface area contributed by atoms with Gasteiger partial charge in [-0.1, -0.05) is 17.7 Å². The number of carbonyl (C=O) groups excluding carboxylic acids is 1. The van der Waals surface area contributed by atoms with Crippen LogP contribution < -0.4 is 0 Å². The predicted molar refractivity (Wildman–Crippen MR) is 76.9 cm³/mol. The van der Waals surface area contributed by atoms with Crippen LogP contribution in [-0.2, 0) is 14.3 Å². The Hall–Kier alpha value is -1.28. The Morgan fingerprint density at radius 2 is 1.79 bits per heavy atom. The largest absolute Gasteiger partial charge is 0.342 e. The summed E-state index contributed by atoms with van der Waals surface area (Å²) in [6, 6.07) is 7.53. The first-order valence-corrected chi connectivity index (χ1v) is 7.00. The highest BCUT2D eigenvalue weighted by Gasteiger charge is 2.02. The number of hydrogen-bond donors (Lipinski definition) is 0. The van der Waals surface area contributed by atoms with Crippen molar-refractivity contribution in [1.29, 1.82) is 0 Å². The van der Waals surface area contributed by atoms with Crippen molar-refractivity contribution in [2.45, 2.75) is 32.0 Å². The minimum atomic E-state index is -0.485. The number of ether oxygens (including phenoxy) is 2. The topological polar surface area (TPSA) is 35.5 Å². The molecule has 0 aliphatic heterocycles. The van der Waals surface area contributed by atoms with E-state index in [0.717, 1.165) is 10.5 Å². The average molecular weight is 278 g/mol. The fourth-order valence-corrected chi connectivity index (χ4v) is 1.95. The van der Waals surface area contributed by atoms with Gasteiger partial charge in [-0.2, -0.15) is 0 Å². The monoisotopic (exact) mass is 278 g/mol. The summed E-state index contributed by atoms with van der Waals surface area (Å²) in [5.41, 5.74) is 0.873. The highest BCUT2D eigenvalue weighted by Crippen LogP contribution is 2.18. The molecule has 1 aromatic rings. The Morgan fingerprint density at radius 3 is 2.26 bits per heavy atom. The average Bonchev–Trinajstić information content (AvgIpc) is 2.37. The van der Waals surface area contributed by atoms with Crippen molar-refractivity contribution >= 4 is 16.9 Å². The van der Waals surface area contributed by atoms with E-state index in [1.165, 1.54) is 11.8 Å². The molecule has 0 aromatic heterocycles. The lowest BCUT2D eigenvalue weighted by Crippen LogP contribution is -2.14. The molecule has 0 fully saturated rings. The highest BCUT2D eigenvalue weighted by atomic mass is 32.2. The second-order valence-corrected chi connectivity index (χ2v) is 4.88. The van der Waals surface area contributed by atoms with Gasteiger partial charge >= 0.3 is 0 Å². The van der Waals surface area contributed by atoms with Crippen molar-refractivity contribution in [3.8, 4) is 11.8 Å². The highest BCUT2D eigenvalue weighted by molar-refractivity contribution is 8.13. The zero-order chi connectivity index (χ0) is 14.1. The van der Waals surface area contributed by atoms with E-state index in [0.29, 0.717) is 13.2 Å². The molecule has 102 valence electrons. The van der Waals surface area contributed by atoms with Crippen LogP contribution >= 0.6 is 11.8 Å². The van der Waals surface area contributed by atoms with Crippen molar-refractivity contribution in [3.63, 3.8) is 0 Å². The van der Waals surface area contributed by atoms with Crippen LogP contribution in [0.3, 0.4) is 0 Å². The van der Waals surface area contributed by atoms with Crippen LogP contribution in [0.25, 0.3) is 0 Å². The summed E-state index contributed by atoms with van der Waals surface area (Å²) in [7, 11) is 0. The molecular formula is C15H18O3S. The van der Waals surface area contributed by atoms with Gasteiger partial charge in [0.2, 0.25) is 6.29 Å². The summed E-state index contributed by atoms with van der Waals surface area (Å²) >= 11 is 1.21. The molecule has 1 aromatic carbocycles. The van der Waals surface area contributed by atoms with Gasteiger partial charge in [-0.15, -0.1) is 0 Å². The lowest BCUT2D eigenvalue weighted by molar-refractivity contribution is -0.109. The van der Waals surface area contributed by atoms with E-state index in [4.69, 9.17) is 9.47 Å². The summed E-state index contributed by atoms with van der Waals surface area (Å²) in [6.45, 7) is 6.48. The molecule has 0 bridgehead atoms. The molecule has 0 spiro atoms. The van der Waals surface area contributed by atoms with Gasteiger partial charge in [-0.3, -0.25) is 4.79 Å². The van der Waals surface area contributed by atoms with Crippen molar-refractivity contribution in [2.75, 3.05) is 13.2 Å². The maximum absolute atomic E-state index is 11.0. The summed E-state index contributed by atoms with van der Waals surface area (Å²) in [6.07, 6.45) is -0.485. The number of benzene rings is 1. The molecule has 3 nitrogen and oxygen atoms in total. The Labute approximate surface area is 118 Å². The van der Waals surface area contributed by atoms with Crippen LogP contribution in [0.2, 0.25) is 0 Å². The molecule has 0 aliphatic carbocycles. The maximum Gasteiger partial charge on any atom is 0.222 e. The Kier molecular flexibility index (Phi) is 7.27. The van der Waals surface area contributed by atoms with E-state index in [9.17, 15) is 4.79 Å². The minimum Gasteiger partial charge on any atom is -0.342 e. The molecule has 0 N–H and O–H groups in total. The summed E-state index contributed by atoms with van der Waals surface area (Å²) in [4.78, 5) is 11.9. The second-order valence-electron chi connectivity index (χ2n) is 3.63. The molecule has 0 amide bonds. The predicted octanol–water partition coefficient (Wildman–Crippen LogP) is 3.08. The number of carbonyl (C=O) groups is 1. The SMILES string of the molecule is CCOC(C#Cc1ccc(SC(C)=O)cc1)OCC. The molecule has 19 heavy (non-hydrogen) atoms. The molecule has 0 heterocycles. The Balaban J connectivity index is 2.68. The van der Waals surface area contributed by atoms with Gasteiger partial charge < -0.3 is 9.47 Å². The van der Waals surface area contributed by atoms with Crippen molar-refractivity contribution < 1.29 is 14.3 Å². The smallest absolute Gasteiger partial charge is 0.222 e. The van der Waals surface area contributed by atoms with Crippen LogP contribution in [0.15, 0.2) is 29.2 Å². The van der Waals surface area contributed by atoms with Gasteiger partial charge in [0.25, 0.3) is 0 Å². The van der Waals surface area contributed by atoms with E-state index in [2.05, 4.69) is 11.8 Å². The standard InChI is InChI=1S/C15H18O3S/c1-4-17-15(18-5-2)11-8-13-6-9-14(10-7-13)19-12(3)16/h6-7,9-10,15H,4-5H2,1-3H3. The van der Waals surface area contributed by atoms with E-state index < -0.39 is 6.29 Å². The first-order valence-electron chi connectivity index (χ1n) is 6.19. The fourth-order valence-electron chi connectivity index (χ4n) is 1.35. The second kappa shape index (κ2) is 8.76. The van der Waals surface area contributed by atoms with Crippen molar-refractivity contribution in [1.82, 2.24) is 0 Å². The number of rotatable bonds is 5. The molecular weight excluding hydrogens is 260 g/mol. The zero-order valence-corrected chi connectivity index (χ0v) is 12.3. The van der Waals surface area contributed by atoms with Crippen LogP contribution in [0, 0.1) is 11.8 Å². The van der Waals surface area contributed by atoms with E-state index in [-0.39, 0.29) is 5.12 Å². The third kappa shape index (κ3) is 6.44. The number of thioether (sulfide) groups is 1. The van der Waals surface area contributed by atoms with Crippen LogP contribution in [-0.4, -0.2) is 24.6 Å². The van der Waals surface area contributed by atoms with Gasteiger partial charge in [0, 0.05) is 30.6 Å². The Bertz CT molecular complexity index is 451. The van der Waals surface area contributed by atoms with E-state index in [1.54, 1.807) is 6.92 Å². The minimum absolute atomic E-state index is 0.0755. The Morgan fingerprint density at radius 1 is 1.21 bits per heavy atom. The van der Waals surface area contributed by atoms with Crippen molar-refractivity contribution in [2.24, 2.45) is 0 Å². The fraction of sp³-hybridized carbons (Fsp3) is 0.400. The van der Waals surface area contributed by atoms with Gasteiger partial charge in [0.05, 0.1) is 0 Å². The molecule has 1 rings (SSSR count). The van der Waals surface area contributed by atoms with Gasteiger partial charge in [-0.25, -0.2) is 0 Å². The maximum atomic E-state index is 11.0. The molecule has 0 unspecified atom stereocenters. The zero-order valence-electron chi connectivity index (χ0n) is 11.4. The lowest BCUT2D eigenvalue weighted by atomic mass is 10.2. The lowest BCUT2D eigenvalue weighted by Gasteiger charge is -2.09. The van der Waals surface area contributed by atoms with Gasteiger partial charge in [0.1, 0.15) is 0 Å². The molecule has 0 saturated carbocycles. The molecule has 0 saturated heterocycles. The van der Waals surface area contributed by atoms with Crippen LogP contribution in [0.5, 0.6) is 0 Å². The van der Waals surface area contributed by atoms with Gasteiger partial charge in [0.15, 0.2) is 5.12 Å². The first kappa shape index (κ1) is 15.8. The quantitative estimate of drug-likeness (QED) is 0.471. The third-order valence-corrected chi connectivity index (χ3v) is 2.88. The third-order valence-electron chi connectivity index (χ3n) is 2.09. The molecule has 0 aliphatic rings. The van der Waals surface area contributed by atoms with Crippen LogP contribution in [0.1, 0.15) is 26.3 Å². The summed E-state index contributed by atoms with van der Waals surface area (Å²) < 4.78 is 10.7. The summed E-state index contributed by atoms with van der Waals surface area (Å²) in [5.74, 6) is 5.93. The molecule has 0 radical (unpaired) electrons. The van der Waals surface area contributed by atoms with Crippen LogP contribution in [0.4, 0.5) is 0 Å².